The molecule has 2 aromatic rings. The molecule has 0 aliphatic rings. The van der Waals surface area contributed by atoms with Gasteiger partial charge >= 0.3 is 5.97 Å². The predicted octanol–water partition coefficient (Wildman–Crippen LogP) is 4.64. The van der Waals surface area contributed by atoms with Crippen molar-refractivity contribution in [2.24, 2.45) is 0 Å². The molecule has 0 saturated carbocycles. The van der Waals surface area contributed by atoms with Crippen molar-refractivity contribution >= 4 is 35.2 Å². The topological polar surface area (TPSA) is 73.9 Å². The summed E-state index contributed by atoms with van der Waals surface area (Å²) in [7, 11) is 1.55. The SMILES string of the molecule is COc1cc(/C=C/C(=O)OCC(=O)Nc2ccc(Cl)cc2C)ccc1OC(C)C. The second-order valence-corrected chi connectivity index (χ2v) is 6.96. The van der Waals surface area contributed by atoms with E-state index in [1.54, 1.807) is 49.6 Å². The maximum Gasteiger partial charge on any atom is 0.331 e. The van der Waals surface area contributed by atoms with E-state index in [4.69, 9.17) is 25.8 Å². The summed E-state index contributed by atoms with van der Waals surface area (Å²) in [4.78, 5) is 23.9. The molecule has 0 heterocycles. The fraction of sp³-hybridized carbons (Fsp3) is 0.273. The molecule has 6 nitrogen and oxygen atoms in total. The van der Waals surface area contributed by atoms with E-state index in [1.165, 1.54) is 6.08 Å². The molecule has 1 amide bonds. The van der Waals surface area contributed by atoms with E-state index in [0.29, 0.717) is 22.2 Å². The molecule has 154 valence electrons. The number of methoxy groups -OCH3 is 1. The minimum absolute atomic E-state index is 0.0167. The molecule has 0 aliphatic heterocycles. The van der Waals surface area contributed by atoms with Crippen LogP contribution in [0.2, 0.25) is 5.02 Å². The van der Waals surface area contributed by atoms with Crippen LogP contribution in [0.5, 0.6) is 11.5 Å². The van der Waals surface area contributed by atoms with Crippen molar-refractivity contribution in [1.29, 1.82) is 0 Å². The van der Waals surface area contributed by atoms with E-state index >= 15 is 0 Å². The lowest BCUT2D eigenvalue weighted by Crippen LogP contribution is -2.20. The number of hydrogen-bond acceptors (Lipinski definition) is 5. The van der Waals surface area contributed by atoms with Gasteiger partial charge in [0.05, 0.1) is 13.2 Å². The summed E-state index contributed by atoms with van der Waals surface area (Å²) in [5, 5.41) is 3.26. The van der Waals surface area contributed by atoms with Gasteiger partial charge in [0.1, 0.15) is 0 Å². The van der Waals surface area contributed by atoms with Gasteiger partial charge in [0.15, 0.2) is 18.1 Å². The van der Waals surface area contributed by atoms with E-state index in [2.05, 4.69) is 5.32 Å². The van der Waals surface area contributed by atoms with Crippen molar-refractivity contribution in [3.63, 3.8) is 0 Å². The van der Waals surface area contributed by atoms with Gasteiger partial charge in [-0.05, 0) is 68.3 Å². The average molecular weight is 418 g/mol. The van der Waals surface area contributed by atoms with Gasteiger partial charge in [-0.25, -0.2) is 4.79 Å². The molecule has 0 aromatic heterocycles. The number of carbonyl (C=O) groups is 2. The highest BCUT2D eigenvalue weighted by molar-refractivity contribution is 6.30. The lowest BCUT2D eigenvalue weighted by molar-refractivity contribution is -0.142. The van der Waals surface area contributed by atoms with Gasteiger partial charge < -0.3 is 19.5 Å². The Morgan fingerprint density at radius 3 is 2.55 bits per heavy atom. The highest BCUT2D eigenvalue weighted by Gasteiger charge is 2.09. The van der Waals surface area contributed by atoms with Crippen LogP contribution in [0.4, 0.5) is 5.69 Å². The monoisotopic (exact) mass is 417 g/mol. The van der Waals surface area contributed by atoms with Crippen LogP contribution in [-0.4, -0.2) is 31.7 Å². The Morgan fingerprint density at radius 1 is 1.14 bits per heavy atom. The molecule has 0 unspecified atom stereocenters. The normalized spacial score (nSPS) is 10.8. The van der Waals surface area contributed by atoms with Crippen LogP contribution in [0.1, 0.15) is 25.0 Å². The van der Waals surface area contributed by atoms with Crippen molar-refractivity contribution in [3.05, 3.63) is 58.6 Å². The minimum atomic E-state index is -0.630. The largest absolute Gasteiger partial charge is 0.493 e. The molecule has 0 bridgehead atoms. The lowest BCUT2D eigenvalue weighted by Gasteiger charge is -2.13. The number of halogens is 1. The molecule has 1 N–H and O–H groups in total. The van der Waals surface area contributed by atoms with Crippen LogP contribution in [-0.2, 0) is 14.3 Å². The minimum Gasteiger partial charge on any atom is -0.493 e. The van der Waals surface area contributed by atoms with E-state index in [9.17, 15) is 9.59 Å². The van der Waals surface area contributed by atoms with Crippen molar-refractivity contribution in [2.75, 3.05) is 19.0 Å². The molecule has 2 aromatic carbocycles. The third-order valence-corrected chi connectivity index (χ3v) is 4.01. The number of nitrogens with one attached hydrogen (secondary N) is 1. The van der Waals surface area contributed by atoms with Crippen molar-refractivity contribution < 1.29 is 23.8 Å². The molecule has 0 fully saturated rings. The number of anilines is 1. The number of ether oxygens (including phenoxy) is 3. The Bertz CT molecular complexity index is 908. The molecule has 2 rings (SSSR count). The van der Waals surface area contributed by atoms with E-state index < -0.39 is 18.5 Å². The summed E-state index contributed by atoms with van der Waals surface area (Å²) in [6, 6.07) is 10.4. The first kappa shape index (κ1) is 22.3. The van der Waals surface area contributed by atoms with Gasteiger partial charge in [-0.1, -0.05) is 17.7 Å². The van der Waals surface area contributed by atoms with Gasteiger partial charge in [0.25, 0.3) is 5.91 Å². The van der Waals surface area contributed by atoms with Crippen molar-refractivity contribution in [3.8, 4) is 11.5 Å². The van der Waals surface area contributed by atoms with Crippen LogP contribution in [0.3, 0.4) is 0 Å². The second-order valence-electron chi connectivity index (χ2n) is 6.53. The summed E-state index contributed by atoms with van der Waals surface area (Å²) in [5.74, 6) is 0.117. The van der Waals surface area contributed by atoms with Gasteiger partial charge in [0, 0.05) is 16.8 Å². The van der Waals surface area contributed by atoms with Crippen LogP contribution in [0.15, 0.2) is 42.5 Å². The third-order valence-electron chi connectivity index (χ3n) is 3.77. The molecule has 0 spiro atoms. The maximum atomic E-state index is 12.0. The zero-order valence-electron chi connectivity index (χ0n) is 16.8. The van der Waals surface area contributed by atoms with Gasteiger partial charge in [-0.2, -0.15) is 0 Å². The first-order chi connectivity index (χ1) is 13.8. The lowest BCUT2D eigenvalue weighted by atomic mass is 10.2. The number of benzene rings is 2. The number of esters is 1. The quantitative estimate of drug-likeness (QED) is 0.500. The zero-order valence-corrected chi connectivity index (χ0v) is 17.6. The Balaban J connectivity index is 1.89. The Morgan fingerprint density at radius 2 is 1.90 bits per heavy atom. The summed E-state index contributed by atoms with van der Waals surface area (Å²) >= 11 is 5.89. The Kier molecular flexibility index (Phi) is 8.09. The van der Waals surface area contributed by atoms with Gasteiger partial charge in [0.2, 0.25) is 0 Å². The van der Waals surface area contributed by atoms with Crippen molar-refractivity contribution in [2.45, 2.75) is 26.9 Å². The highest BCUT2D eigenvalue weighted by atomic mass is 35.5. The molecule has 0 radical (unpaired) electrons. The molecule has 7 heteroatoms. The second kappa shape index (κ2) is 10.5. The number of carbonyl (C=O) groups excluding carboxylic acids is 2. The van der Waals surface area contributed by atoms with E-state index in [0.717, 1.165) is 11.1 Å². The summed E-state index contributed by atoms with van der Waals surface area (Å²) < 4.78 is 15.9. The van der Waals surface area contributed by atoms with Gasteiger partial charge in [-0.3, -0.25) is 4.79 Å². The van der Waals surface area contributed by atoms with Crippen LogP contribution in [0.25, 0.3) is 6.08 Å². The molecule has 0 atom stereocenters. The van der Waals surface area contributed by atoms with Crippen LogP contribution < -0.4 is 14.8 Å². The number of amides is 1. The Hall–Kier alpha value is -2.99. The first-order valence-electron chi connectivity index (χ1n) is 9.04. The summed E-state index contributed by atoms with van der Waals surface area (Å²) in [6.07, 6.45) is 2.84. The zero-order chi connectivity index (χ0) is 21.4. The summed E-state index contributed by atoms with van der Waals surface area (Å²) in [5.41, 5.74) is 2.16. The molecular weight excluding hydrogens is 394 g/mol. The van der Waals surface area contributed by atoms with E-state index in [1.807, 2.05) is 20.8 Å². The van der Waals surface area contributed by atoms with Crippen molar-refractivity contribution in [1.82, 2.24) is 0 Å². The third kappa shape index (κ3) is 7.16. The highest BCUT2D eigenvalue weighted by Crippen LogP contribution is 2.29. The van der Waals surface area contributed by atoms with Crippen LogP contribution >= 0.6 is 11.6 Å². The first-order valence-corrected chi connectivity index (χ1v) is 9.42. The fourth-order valence-electron chi connectivity index (χ4n) is 2.44. The fourth-order valence-corrected chi connectivity index (χ4v) is 2.67. The number of aryl methyl sites for hydroxylation is 1. The average Bonchev–Trinajstić information content (AvgIpc) is 2.67. The van der Waals surface area contributed by atoms with Crippen LogP contribution in [0, 0.1) is 6.92 Å². The molecule has 0 aliphatic carbocycles. The molecular formula is C22H24ClNO5. The number of rotatable bonds is 8. The van der Waals surface area contributed by atoms with E-state index in [-0.39, 0.29) is 6.10 Å². The predicted molar refractivity (Wildman–Crippen MR) is 114 cm³/mol. The summed E-state index contributed by atoms with van der Waals surface area (Å²) in [6.45, 7) is 5.28. The Labute approximate surface area is 175 Å². The molecule has 0 saturated heterocycles. The maximum absolute atomic E-state index is 12.0. The number of hydrogen-bond donors (Lipinski definition) is 1. The smallest absolute Gasteiger partial charge is 0.331 e. The standard InChI is InChI=1S/C22H24ClNO5/c1-14(2)29-19-9-5-16(12-20(19)27-4)6-10-22(26)28-13-21(25)24-18-8-7-17(23)11-15(18)3/h5-12,14H,13H2,1-4H3,(H,24,25)/b10-6+. The van der Waals surface area contributed by atoms with Gasteiger partial charge in [-0.15, -0.1) is 0 Å². The molecule has 29 heavy (non-hydrogen) atoms.